The molecule has 0 aliphatic carbocycles. The highest BCUT2D eigenvalue weighted by molar-refractivity contribution is 6.35. The molecule has 0 fully saturated rings. The Bertz CT molecular complexity index is 1940. The van der Waals surface area contributed by atoms with E-state index in [0.717, 1.165) is 16.5 Å². The molecule has 6 rings (SSSR count). The lowest BCUT2D eigenvalue weighted by atomic mass is 9.96. The maximum absolute atomic E-state index is 13.5. The summed E-state index contributed by atoms with van der Waals surface area (Å²) in [6, 6.07) is 22.0. The maximum atomic E-state index is 13.5. The third-order valence-electron chi connectivity index (χ3n) is 6.25. The normalized spacial score (nSPS) is 10.9. The first-order chi connectivity index (χ1) is 19.5. The molecule has 2 N–H and O–H groups in total. The fourth-order valence-corrected chi connectivity index (χ4v) is 4.65. The van der Waals surface area contributed by atoms with Crippen LogP contribution in [0, 0.1) is 0 Å². The van der Waals surface area contributed by atoms with Gasteiger partial charge < -0.3 is 14.5 Å². The summed E-state index contributed by atoms with van der Waals surface area (Å²) in [5, 5.41) is 4.11. The van der Waals surface area contributed by atoms with Crippen LogP contribution in [-0.4, -0.2) is 33.1 Å². The van der Waals surface area contributed by atoms with Crippen molar-refractivity contribution in [3.8, 4) is 34.0 Å². The number of aromatic nitrogens is 4. The Morgan fingerprint density at radius 1 is 0.975 bits per heavy atom. The highest BCUT2D eigenvalue weighted by atomic mass is 35.5. The number of rotatable bonds is 5. The molecule has 9 nitrogen and oxygen atoms in total. The van der Waals surface area contributed by atoms with Crippen molar-refractivity contribution in [1.82, 2.24) is 19.9 Å². The van der Waals surface area contributed by atoms with Crippen LogP contribution in [0.25, 0.3) is 44.3 Å². The van der Waals surface area contributed by atoms with Gasteiger partial charge in [-0.15, -0.1) is 0 Å². The van der Waals surface area contributed by atoms with Crippen LogP contribution in [0.3, 0.4) is 0 Å². The number of carbonyl (C=O) groups excluding carboxylic acids is 1. The van der Waals surface area contributed by atoms with E-state index in [1.807, 2.05) is 54.6 Å². The molecule has 40 heavy (non-hydrogen) atoms. The van der Waals surface area contributed by atoms with Crippen molar-refractivity contribution in [3.63, 3.8) is 0 Å². The van der Waals surface area contributed by atoms with E-state index in [1.165, 1.54) is 25.6 Å². The van der Waals surface area contributed by atoms with Gasteiger partial charge in [-0.2, -0.15) is 0 Å². The molecule has 0 radical (unpaired) electrons. The third-order valence-corrected chi connectivity index (χ3v) is 6.54. The zero-order chi connectivity index (χ0) is 27.6. The van der Waals surface area contributed by atoms with Crippen molar-refractivity contribution in [3.05, 3.63) is 107 Å². The molecule has 4 aromatic heterocycles. The first-order valence-corrected chi connectivity index (χ1v) is 12.5. The Hall–Kier alpha value is -5.28. The van der Waals surface area contributed by atoms with Crippen LogP contribution in [-0.2, 0) is 0 Å². The first-order valence-electron chi connectivity index (χ1n) is 12.2. The van der Waals surface area contributed by atoms with Crippen LogP contribution in [0.5, 0.6) is 11.6 Å². The summed E-state index contributed by atoms with van der Waals surface area (Å²) in [6.45, 7) is 0. The average Bonchev–Trinajstić information content (AvgIpc) is 2.99. The lowest BCUT2D eigenvalue weighted by molar-refractivity contribution is 0.215. The number of carbonyl (C=O) groups is 1. The van der Waals surface area contributed by atoms with E-state index in [9.17, 15) is 9.59 Å². The number of hydrogen-bond acceptors (Lipinski definition) is 7. The zero-order valence-electron chi connectivity index (χ0n) is 21.0. The number of fused-ring (bicyclic) bond motifs is 2. The summed E-state index contributed by atoms with van der Waals surface area (Å²) in [5.74, 6) is 0.565. The van der Waals surface area contributed by atoms with Gasteiger partial charge in [0.2, 0.25) is 11.3 Å². The van der Waals surface area contributed by atoms with Gasteiger partial charge in [0.15, 0.2) is 5.75 Å². The molecule has 0 aliphatic heterocycles. The second kappa shape index (κ2) is 10.5. The molecule has 196 valence electrons. The summed E-state index contributed by atoms with van der Waals surface area (Å²) in [6.07, 6.45) is 3.57. The number of nitrogens with one attached hydrogen (secondary N) is 2. The molecule has 0 spiro atoms. The fraction of sp³-hybridized carbons (Fsp3) is 0.0333. The Labute approximate surface area is 232 Å². The Morgan fingerprint density at radius 2 is 1.82 bits per heavy atom. The van der Waals surface area contributed by atoms with E-state index in [-0.39, 0.29) is 16.8 Å². The number of benzene rings is 2. The van der Waals surface area contributed by atoms with Gasteiger partial charge >= 0.3 is 6.09 Å². The summed E-state index contributed by atoms with van der Waals surface area (Å²) in [7, 11) is 1.48. The van der Waals surface area contributed by atoms with E-state index in [4.69, 9.17) is 26.1 Å². The first kappa shape index (κ1) is 25.0. The van der Waals surface area contributed by atoms with Crippen LogP contribution in [0.15, 0.2) is 96.2 Å². The van der Waals surface area contributed by atoms with Crippen LogP contribution >= 0.6 is 11.6 Å². The van der Waals surface area contributed by atoms with Crippen molar-refractivity contribution in [2.75, 3.05) is 12.4 Å². The van der Waals surface area contributed by atoms with E-state index in [2.05, 4.69) is 20.3 Å². The number of H-pyrrole nitrogens is 1. The lowest BCUT2D eigenvalue weighted by Gasteiger charge is -2.13. The highest BCUT2D eigenvalue weighted by Crippen LogP contribution is 2.36. The molecular weight excluding hydrogens is 530 g/mol. The van der Waals surface area contributed by atoms with Crippen molar-refractivity contribution in [2.45, 2.75) is 0 Å². The fourth-order valence-electron chi connectivity index (χ4n) is 4.37. The Balaban J connectivity index is 1.44. The predicted molar refractivity (Wildman–Crippen MR) is 154 cm³/mol. The molecule has 0 unspecified atom stereocenters. The second-order valence-electron chi connectivity index (χ2n) is 8.76. The van der Waals surface area contributed by atoms with Crippen molar-refractivity contribution < 1.29 is 14.3 Å². The number of methoxy groups -OCH3 is 1. The lowest BCUT2D eigenvalue weighted by Crippen LogP contribution is -2.22. The van der Waals surface area contributed by atoms with Crippen LogP contribution in [0.1, 0.15) is 0 Å². The number of ether oxygens (including phenoxy) is 2. The number of hydrogen-bond donors (Lipinski definition) is 2. The second-order valence-corrected chi connectivity index (χ2v) is 9.17. The summed E-state index contributed by atoms with van der Waals surface area (Å²) >= 11 is 6.60. The van der Waals surface area contributed by atoms with E-state index in [0.29, 0.717) is 33.3 Å². The van der Waals surface area contributed by atoms with E-state index < -0.39 is 11.5 Å². The minimum absolute atomic E-state index is 0.0000687. The summed E-state index contributed by atoms with van der Waals surface area (Å²) < 4.78 is 10.3. The smallest absolute Gasteiger partial charge is 0.417 e. The Kier molecular flexibility index (Phi) is 6.55. The van der Waals surface area contributed by atoms with Crippen LogP contribution < -0.4 is 20.2 Å². The third kappa shape index (κ3) is 4.81. The van der Waals surface area contributed by atoms with Crippen LogP contribution in [0.4, 0.5) is 10.5 Å². The minimum atomic E-state index is -0.847. The van der Waals surface area contributed by atoms with Gasteiger partial charge in [0.1, 0.15) is 11.3 Å². The monoisotopic (exact) mass is 549 g/mol. The Morgan fingerprint density at radius 3 is 2.60 bits per heavy atom. The quantitative estimate of drug-likeness (QED) is 0.253. The van der Waals surface area contributed by atoms with Gasteiger partial charge in [-0.25, -0.2) is 14.8 Å². The number of pyridine rings is 4. The van der Waals surface area contributed by atoms with Gasteiger partial charge in [0, 0.05) is 35.0 Å². The molecule has 10 heteroatoms. The summed E-state index contributed by atoms with van der Waals surface area (Å²) in [4.78, 5) is 42.3. The number of nitrogens with zero attached hydrogens (tertiary/aromatic N) is 3. The molecule has 2 aromatic carbocycles. The maximum Gasteiger partial charge on any atom is 0.417 e. The topological polar surface area (TPSA) is 119 Å². The largest absolute Gasteiger partial charge is 0.481 e. The molecule has 0 saturated heterocycles. The molecule has 0 aliphatic rings. The number of halogens is 1. The van der Waals surface area contributed by atoms with Gasteiger partial charge in [-0.3, -0.25) is 15.1 Å². The summed E-state index contributed by atoms with van der Waals surface area (Å²) in [5.41, 5.74) is 3.60. The molecule has 0 atom stereocenters. The van der Waals surface area contributed by atoms with Crippen molar-refractivity contribution in [1.29, 1.82) is 0 Å². The van der Waals surface area contributed by atoms with Gasteiger partial charge in [0.05, 0.1) is 34.9 Å². The van der Waals surface area contributed by atoms with Gasteiger partial charge in [0.25, 0.3) is 0 Å². The number of anilines is 1. The standard InChI is InChI=1S/C30H20ClN5O4/c1-39-25-10-9-20(15-33-25)40-30(38)35-24-16-34-29-22(28(24)37)14-21(26(36-29)17-6-3-2-4-7-17)19-12-18-8-5-11-32-27(18)23(31)13-19/h2-16H,1H3,(H,35,38)(H,34,36,37). The van der Waals surface area contributed by atoms with Crippen LogP contribution in [0.2, 0.25) is 5.02 Å². The van der Waals surface area contributed by atoms with E-state index >= 15 is 0 Å². The molecule has 0 bridgehead atoms. The number of amides is 1. The predicted octanol–water partition coefficient (Wildman–Crippen LogP) is 6.47. The molecule has 1 amide bonds. The zero-order valence-corrected chi connectivity index (χ0v) is 21.8. The molecule has 6 aromatic rings. The van der Waals surface area contributed by atoms with Gasteiger partial charge in [-0.1, -0.05) is 48.0 Å². The SMILES string of the molecule is COc1ccc(OC(=O)Nc2c[nH]c3nc(-c4ccccc4)c(-c4cc(Cl)c5ncccc5c4)cc3c2=O)cn1. The highest BCUT2D eigenvalue weighted by Gasteiger charge is 2.17. The minimum Gasteiger partial charge on any atom is -0.481 e. The van der Waals surface area contributed by atoms with E-state index in [1.54, 1.807) is 18.3 Å². The number of aromatic amines is 1. The van der Waals surface area contributed by atoms with Crippen molar-refractivity contribution in [2.24, 2.45) is 0 Å². The van der Waals surface area contributed by atoms with Crippen molar-refractivity contribution >= 4 is 45.3 Å². The molecule has 0 saturated carbocycles. The van der Waals surface area contributed by atoms with Gasteiger partial charge in [-0.05, 0) is 35.9 Å². The average molecular weight is 550 g/mol. The molecule has 4 heterocycles. The molecular formula is C30H20ClN5O4.